The Labute approximate surface area is 109 Å². The number of aromatic nitrogens is 2. The van der Waals surface area contributed by atoms with Gasteiger partial charge in [-0.1, -0.05) is 12.8 Å². The Hall–Kier alpha value is -1.16. The van der Waals surface area contributed by atoms with E-state index in [2.05, 4.69) is 20.2 Å². The average Bonchev–Trinajstić information content (AvgIpc) is 3.24. The number of rotatable bonds is 4. The number of nitrogens with one attached hydrogen (secondary N) is 1. The molecule has 2 heterocycles. The van der Waals surface area contributed by atoms with Gasteiger partial charge in [-0.3, -0.25) is 0 Å². The van der Waals surface area contributed by atoms with E-state index < -0.39 is 0 Å². The summed E-state index contributed by atoms with van der Waals surface area (Å²) < 4.78 is 0. The topological polar surface area (TPSA) is 41.1 Å². The average molecular weight is 246 g/mol. The van der Waals surface area contributed by atoms with E-state index in [-0.39, 0.29) is 0 Å². The van der Waals surface area contributed by atoms with Gasteiger partial charge in [0, 0.05) is 43.6 Å². The van der Waals surface area contributed by atoms with Crippen LogP contribution in [0.15, 0.2) is 12.4 Å². The van der Waals surface area contributed by atoms with Crippen LogP contribution in [0.3, 0.4) is 0 Å². The molecule has 0 spiro atoms. The first-order valence-corrected chi connectivity index (χ1v) is 7.21. The maximum atomic E-state index is 4.52. The number of anilines is 1. The van der Waals surface area contributed by atoms with Crippen LogP contribution in [0.5, 0.6) is 0 Å². The highest BCUT2D eigenvalue weighted by atomic mass is 15.2. The molecule has 1 aliphatic heterocycles. The van der Waals surface area contributed by atoms with Gasteiger partial charge in [-0.05, 0) is 25.7 Å². The zero-order valence-corrected chi connectivity index (χ0v) is 10.9. The first-order chi connectivity index (χ1) is 8.92. The SMILES string of the molecule is c1nc(N2CCCCCC2)ncc1CNC1CC1. The minimum atomic E-state index is 0.746. The molecule has 3 rings (SSSR count). The summed E-state index contributed by atoms with van der Waals surface area (Å²) in [6, 6.07) is 0.746. The lowest BCUT2D eigenvalue weighted by molar-refractivity contribution is 0.681. The number of hydrogen-bond acceptors (Lipinski definition) is 4. The number of nitrogens with zero attached hydrogens (tertiary/aromatic N) is 3. The molecule has 0 bridgehead atoms. The van der Waals surface area contributed by atoms with Crippen molar-refractivity contribution in [2.75, 3.05) is 18.0 Å². The van der Waals surface area contributed by atoms with Gasteiger partial charge >= 0.3 is 0 Å². The first kappa shape index (κ1) is 11.9. The molecule has 1 N–H and O–H groups in total. The fraction of sp³-hybridized carbons (Fsp3) is 0.714. The summed E-state index contributed by atoms with van der Waals surface area (Å²) in [4.78, 5) is 11.4. The summed E-state index contributed by atoms with van der Waals surface area (Å²) in [5, 5.41) is 3.49. The number of hydrogen-bond donors (Lipinski definition) is 1. The lowest BCUT2D eigenvalue weighted by Gasteiger charge is -2.19. The Morgan fingerprint density at radius 1 is 1.06 bits per heavy atom. The molecule has 0 amide bonds. The molecule has 0 atom stereocenters. The highest BCUT2D eigenvalue weighted by Gasteiger charge is 2.20. The van der Waals surface area contributed by atoms with E-state index in [0.717, 1.165) is 31.6 Å². The quantitative estimate of drug-likeness (QED) is 0.883. The standard InChI is InChI=1S/C14H22N4/c1-2-4-8-18(7-3-1)14-16-10-12(11-17-14)9-15-13-5-6-13/h10-11,13,15H,1-9H2. The second-order valence-electron chi connectivity index (χ2n) is 5.45. The maximum absolute atomic E-state index is 4.52. The van der Waals surface area contributed by atoms with Crippen LogP contribution < -0.4 is 10.2 Å². The van der Waals surface area contributed by atoms with Crippen LogP contribution in [0.4, 0.5) is 5.95 Å². The van der Waals surface area contributed by atoms with Gasteiger partial charge < -0.3 is 10.2 Å². The van der Waals surface area contributed by atoms with E-state index in [1.165, 1.54) is 44.1 Å². The molecule has 4 nitrogen and oxygen atoms in total. The highest BCUT2D eigenvalue weighted by molar-refractivity contribution is 5.29. The van der Waals surface area contributed by atoms with Gasteiger partial charge in [-0.2, -0.15) is 0 Å². The van der Waals surface area contributed by atoms with Gasteiger partial charge in [-0.25, -0.2) is 9.97 Å². The first-order valence-electron chi connectivity index (χ1n) is 7.21. The Morgan fingerprint density at radius 3 is 2.33 bits per heavy atom. The van der Waals surface area contributed by atoms with Crippen molar-refractivity contribution < 1.29 is 0 Å². The monoisotopic (exact) mass is 246 g/mol. The third-order valence-corrected chi connectivity index (χ3v) is 3.75. The molecular weight excluding hydrogens is 224 g/mol. The lowest BCUT2D eigenvalue weighted by Crippen LogP contribution is -2.26. The van der Waals surface area contributed by atoms with Crippen molar-refractivity contribution >= 4 is 5.95 Å². The fourth-order valence-corrected chi connectivity index (χ4v) is 2.42. The molecule has 1 aromatic rings. The van der Waals surface area contributed by atoms with Gasteiger partial charge in [-0.15, -0.1) is 0 Å². The molecule has 18 heavy (non-hydrogen) atoms. The third kappa shape index (κ3) is 3.19. The lowest BCUT2D eigenvalue weighted by atomic mass is 10.2. The Balaban J connectivity index is 1.58. The van der Waals surface area contributed by atoms with Crippen molar-refractivity contribution in [3.8, 4) is 0 Å². The summed E-state index contributed by atoms with van der Waals surface area (Å²) in [7, 11) is 0. The molecule has 1 aromatic heterocycles. The predicted octanol–water partition coefficient (Wildman–Crippen LogP) is 2.11. The van der Waals surface area contributed by atoms with E-state index in [1.807, 2.05) is 12.4 Å². The molecule has 0 unspecified atom stereocenters. The van der Waals surface area contributed by atoms with Gasteiger partial charge in [0.25, 0.3) is 0 Å². The van der Waals surface area contributed by atoms with Crippen LogP contribution in [0.25, 0.3) is 0 Å². The maximum Gasteiger partial charge on any atom is 0.225 e. The van der Waals surface area contributed by atoms with Crippen LogP contribution >= 0.6 is 0 Å². The van der Waals surface area contributed by atoms with Gasteiger partial charge in [0.2, 0.25) is 5.95 Å². The summed E-state index contributed by atoms with van der Waals surface area (Å²) in [6.07, 6.45) is 11.8. The zero-order chi connectivity index (χ0) is 12.2. The Morgan fingerprint density at radius 2 is 1.72 bits per heavy atom. The zero-order valence-electron chi connectivity index (χ0n) is 10.9. The van der Waals surface area contributed by atoms with E-state index in [4.69, 9.17) is 0 Å². The van der Waals surface area contributed by atoms with Crippen molar-refractivity contribution in [2.24, 2.45) is 0 Å². The minimum absolute atomic E-state index is 0.746. The van der Waals surface area contributed by atoms with Crippen molar-refractivity contribution in [1.82, 2.24) is 15.3 Å². The smallest absolute Gasteiger partial charge is 0.225 e. The fourth-order valence-electron chi connectivity index (χ4n) is 2.42. The summed E-state index contributed by atoms with van der Waals surface area (Å²) >= 11 is 0. The van der Waals surface area contributed by atoms with E-state index in [1.54, 1.807) is 0 Å². The molecule has 0 radical (unpaired) electrons. The van der Waals surface area contributed by atoms with Gasteiger partial charge in [0.1, 0.15) is 0 Å². The molecular formula is C14H22N4. The molecule has 2 fully saturated rings. The molecule has 1 saturated carbocycles. The van der Waals surface area contributed by atoms with Crippen molar-refractivity contribution in [3.05, 3.63) is 18.0 Å². The van der Waals surface area contributed by atoms with Crippen molar-refractivity contribution in [2.45, 2.75) is 51.1 Å². The van der Waals surface area contributed by atoms with E-state index >= 15 is 0 Å². The molecule has 4 heteroatoms. The van der Waals surface area contributed by atoms with Gasteiger partial charge in [0.05, 0.1) is 0 Å². The Bertz CT molecular complexity index is 364. The minimum Gasteiger partial charge on any atom is -0.341 e. The van der Waals surface area contributed by atoms with Crippen LogP contribution in [0.2, 0.25) is 0 Å². The van der Waals surface area contributed by atoms with E-state index in [0.29, 0.717) is 0 Å². The summed E-state index contributed by atoms with van der Waals surface area (Å²) in [5.74, 6) is 0.909. The van der Waals surface area contributed by atoms with Crippen LogP contribution in [0, 0.1) is 0 Å². The molecule has 1 saturated heterocycles. The summed E-state index contributed by atoms with van der Waals surface area (Å²) in [6.45, 7) is 3.13. The van der Waals surface area contributed by atoms with Gasteiger partial charge in [0.15, 0.2) is 0 Å². The highest BCUT2D eigenvalue weighted by Crippen LogP contribution is 2.19. The van der Waals surface area contributed by atoms with Crippen LogP contribution in [0.1, 0.15) is 44.1 Å². The molecule has 0 aromatic carbocycles. The Kier molecular flexibility index (Phi) is 3.74. The van der Waals surface area contributed by atoms with E-state index in [9.17, 15) is 0 Å². The summed E-state index contributed by atoms with van der Waals surface area (Å²) in [5.41, 5.74) is 1.19. The second kappa shape index (κ2) is 5.65. The third-order valence-electron chi connectivity index (χ3n) is 3.75. The second-order valence-corrected chi connectivity index (χ2v) is 5.45. The van der Waals surface area contributed by atoms with Crippen LogP contribution in [-0.4, -0.2) is 29.1 Å². The molecule has 98 valence electrons. The molecule has 1 aliphatic carbocycles. The predicted molar refractivity (Wildman–Crippen MR) is 72.6 cm³/mol. The van der Waals surface area contributed by atoms with Crippen molar-refractivity contribution in [1.29, 1.82) is 0 Å². The molecule has 2 aliphatic rings. The van der Waals surface area contributed by atoms with Crippen LogP contribution in [-0.2, 0) is 6.54 Å². The normalized spacial score (nSPS) is 20.8. The van der Waals surface area contributed by atoms with Crippen molar-refractivity contribution in [3.63, 3.8) is 0 Å². The largest absolute Gasteiger partial charge is 0.341 e.